The Labute approximate surface area is 207 Å². The van der Waals surface area contributed by atoms with Gasteiger partial charge in [0.25, 0.3) is 0 Å². The molecule has 0 atom stereocenters. The summed E-state index contributed by atoms with van der Waals surface area (Å²) in [6.45, 7) is 9.73. The van der Waals surface area contributed by atoms with E-state index in [1.807, 2.05) is 67.2 Å². The van der Waals surface area contributed by atoms with Crippen molar-refractivity contribution >= 4 is 11.8 Å². The van der Waals surface area contributed by atoms with Gasteiger partial charge in [-0.2, -0.15) is 0 Å². The highest BCUT2D eigenvalue weighted by atomic mass is 16.5. The largest absolute Gasteiger partial charge is 0.493 e. The highest BCUT2D eigenvalue weighted by molar-refractivity contribution is 5.71. The molecule has 0 fully saturated rings. The second-order valence-electron chi connectivity index (χ2n) is 8.33. The lowest BCUT2D eigenvalue weighted by Crippen LogP contribution is -2.30. The van der Waals surface area contributed by atoms with Crippen molar-refractivity contribution in [3.05, 3.63) is 72.3 Å². The summed E-state index contributed by atoms with van der Waals surface area (Å²) in [7, 11) is 3.90. The molecule has 35 heavy (non-hydrogen) atoms. The van der Waals surface area contributed by atoms with E-state index in [0.717, 1.165) is 34.1 Å². The maximum atomic E-state index is 11.9. The summed E-state index contributed by atoms with van der Waals surface area (Å²) in [4.78, 5) is 24.9. The van der Waals surface area contributed by atoms with Gasteiger partial charge in [0, 0.05) is 39.8 Å². The maximum Gasteiger partial charge on any atom is 0.320 e. The Hall–Kier alpha value is -3.65. The molecule has 2 heterocycles. The van der Waals surface area contributed by atoms with Crippen molar-refractivity contribution in [2.75, 3.05) is 45.3 Å². The van der Waals surface area contributed by atoms with Crippen molar-refractivity contribution < 1.29 is 18.7 Å². The summed E-state index contributed by atoms with van der Waals surface area (Å²) in [5.41, 5.74) is 2.74. The predicted molar refractivity (Wildman–Crippen MR) is 137 cm³/mol. The first-order chi connectivity index (χ1) is 16.9. The first-order valence-electron chi connectivity index (χ1n) is 11.7. The summed E-state index contributed by atoms with van der Waals surface area (Å²) >= 11 is 0. The normalized spacial score (nSPS) is 10.9. The van der Waals surface area contributed by atoms with Crippen LogP contribution >= 0.6 is 0 Å². The molecule has 8 nitrogen and oxygen atoms in total. The quantitative estimate of drug-likeness (QED) is 0.266. The zero-order valence-corrected chi connectivity index (χ0v) is 21.0. The number of carbonyl (C=O) groups is 1. The van der Waals surface area contributed by atoms with Crippen LogP contribution in [0.3, 0.4) is 0 Å². The number of pyridine rings is 1. The zero-order valence-electron chi connectivity index (χ0n) is 21.0. The lowest BCUT2D eigenvalue weighted by Gasteiger charge is -2.20. The van der Waals surface area contributed by atoms with Gasteiger partial charge in [-0.15, -0.1) is 6.58 Å². The standard InChI is InChI=1S/C27H34N4O4/c1-6-14-31(19-26(32)33-7-2)18-21-9-8-10-23(16-21)34-15-13-24-20(3)35-27(29-24)22-11-12-25(28-17-22)30(4)5/h6,8-12,16-17H,1,7,13-15,18-19H2,2-5H3. The second kappa shape index (κ2) is 12.7. The van der Waals surface area contributed by atoms with Crippen LogP contribution in [0.25, 0.3) is 11.5 Å². The van der Waals surface area contributed by atoms with Gasteiger partial charge >= 0.3 is 5.97 Å². The molecule has 8 heteroatoms. The molecule has 0 aliphatic carbocycles. The van der Waals surface area contributed by atoms with Crippen LogP contribution in [0.2, 0.25) is 0 Å². The first-order valence-corrected chi connectivity index (χ1v) is 11.7. The molecule has 0 saturated heterocycles. The van der Waals surface area contributed by atoms with Gasteiger partial charge in [-0.05, 0) is 43.7 Å². The number of ether oxygens (including phenoxy) is 2. The Morgan fingerprint density at radius 1 is 1.23 bits per heavy atom. The molecule has 0 aliphatic rings. The minimum Gasteiger partial charge on any atom is -0.493 e. The fourth-order valence-electron chi connectivity index (χ4n) is 3.57. The molecule has 3 aromatic rings. The smallest absolute Gasteiger partial charge is 0.320 e. The summed E-state index contributed by atoms with van der Waals surface area (Å²) in [6.07, 6.45) is 4.17. The third kappa shape index (κ3) is 7.68. The fraction of sp³-hybridized carbons (Fsp3) is 0.370. The Morgan fingerprint density at radius 2 is 2.06 bits per heavy atom. The molecule has 0 aliphatic heterocycles. The average molecular weight is 479 g/mol. The summed E-state index contributed by atoms with van der Waals surface area (Å²) in [6, 6.07) is 11.8. The van der Waals surface area contributed by atoms with E-state index in [9.17, 15) is 4.79 Å². The molecule has 0 saturated carbocycles. The summed E-state index contributed by atoms with van der Waals surface area (Å²) in [5.74, 6) is 2.73. The van der Waals surface area contributed by atoms with Gasteiger partial charge in [-0.25, -0.2) is 9.97 Å². The molecular formula is C27H34N4O4. The lowest BCUT2D eigenvalue weighted by molar-refractivity contribution is -0.144. The monoisotopic (exact) mass is 478 g/mol. The SMILES string of the molecule is C=CCN(CC(=O)OCC)Cc1cccc(OCCc2nc(-c3ccc(N(C)C)nc3)oc2C)c1. The predicted octanol–water partition coefficient (Wildman–Crippen LogP) is 4.28. The number of aromatic nitrogens is 2. The molecule has 186 valence electrons. The van der Waals surface area contributed by atoms with Crippen LogP contribution in [-0.2, 0) is 22.5 Å². The van der Waals surface area contributed by atoms with E-state index in [4.69, 9.17) is 13.9 Å². The van der Waals surface area contributed by atoms with Crippen LogP contribution in [0.5, 0.6) is 5.75 Å². The van der Waals surface area contributed by atoms with Crippen LogP contribution in [0.4, 0.5) is 5.82 Å². The first kappa shape index (κ1) is 26.0. The van der Waals surface area contributed by atoms with E-state index in [1.54, 1.807) is 19.2 Å². The number of anilines is 1. The molecule has 0 N–H and O–H groups in total. The zero-order chi connectivity index (χ0) is 25.2. The molecular weight excluding hydrogens is 444 g/mol. The van der Waals surface area contributed by atoms with Gasteiger partial charge in [-0.3, -0.25) is 9.69 Å². The fourth-order valence-corrected chi connectivity index (χ4v) is 3.57. The molecule has 1 aromatic carbocycles. The number of oxazole rings is 1. The molecule has 0 radical (unpaired) electrons. The third-order valence-electron chi connectivity index (χ3n) is 5.30. The van der Waals surface area contributed by atoms with Gasteiger partial charge in [0.1, 0.15) is 17.3 Å². The van der Waals surface area contributed by atoms with E-state index in [0.29, 0.717) is 38.6 Å². The molecule has 0 spiro atoms. The van der Waals surface area contributed by atoms with Gasteiger partial charge in [-0.1, -0.05) is 18.2 Å². The number of esters is 1. The Kier molecular flexibility index (Phi) is 9.43. The average Bonchev–Trinajstić information content (AvgIpc) is 3.20. The highest BCUT2D eigenvalue weighted by Crippen LogP contribution is 2.23. The van der Waals surface area contributed by atoms with Crippen molar-refractivity contribution in [3.63, 3.8) is 0 Å². The number of carbonyl (C=O) groups excluding carboxylic acids is 1. The molecule has 3 rings (SSSR count). The van der Waals surface area contributed by atoms with E-state index in [1.165, 1.54) is 0 Å². The summed E-state index contributed by atoms with van der Waals surface area (Å²) < 4.78 is 16.9. The Morgan fingerprint density at radius 3 is 2.74 bits per heavy atom. The number of nitrogens with zero attached hydrogens (tertiary/aromatic N) is 4. The number of benzene rings is 1. The summed E-state index contributed by atoms with van der Waals surface area (Å²) in [5, 5.41) is 0. The van der Waals surface area contributed by atoms with E-state index >= 15 is 0 Å². The molecule has 0 amide bonds. The van der Waals surface area contributed by atoms with E-state index in [2.05, 4.69) is 16.5 Å². The molecule has 0 bridgehead atoms. The number of hydrogen-bond acceptors (Lipinski definition) is 8. The minimum absolute atomic E-state index is 0.214. The van der Waals surface area contributed by atoms with Gasteiger partial charge in [0.05, 0.1) is 31.0 Å². The highest BCUT2D eigenvalue weighted by Gasteiger charge is 2.14. The van der Waals surface area contributed by atoms with Crippen molar-refractivity contribution in [1.82, 2.24) is 14.9 Å². The van der Waals surface area contributed by atoms with Crippen LogP contribution in [0.15, 0.2) is 59.7 Å². The van der Waals surface area contributed by atoms with Crippen molar-refractivity contribution in [1.29, 1.82) is 0 Å². The van der Waals surface area contributed by atoms with Gasteiger partial charge in [0.2, 0.25) is 5.89 Å². The number of rotatable bonds is 13. The maximum absolute atomic E-state index is 11.9. The Balaban J connectivity index is 1.57. The van der Waals surface area contributed by atoms with E-state index < -0.39 is 0 Å². The van der Waals surface area contributed by atoms with Gasteiger partial charge < -0.3 is 18.8 Å². The number of hydrogen-bond donors (Lipinski definition) is 0. The van der Waals surface area contributed by atoms with Crippen molar-refractivity contribution in [3.8, 4) is 17.2 Å². The Bertz CT molecular complexity index is 1110. The molecule has 0 unspecified atom stereocenters. The van der Waals surface area contributed by atoms with E-state index in [-0.39, 0.29) is 12.5 Å². The van der Waals surface area contributed by atoms with Crippen molar-refractivity contribution in [2.24, 2.45) is 0 Å². The number of aryl methyl sites for hydroxylation is 1. The van der Waals surface area contributed by atoms with Crippen LogP contribution in [0, 0.1) is 6.92 Å². The van der Waals surface area contributed by atoms with Gasteiger partial charge in [0.15, 0.2) is 0 Å². The minimum atomic E-state index is -0.242. The van der Waals surface area contributed by atoms with Crippen LogP contribution in [0.1, 0.15) is 23.9 Å². The topological polar surface area (TPSA) is 80.9 Å². The van der Waals surface area contributed by atoms with Crippen LogP contribution < -0.4 is 9.64 Å². The molecule has 2 aromatic heterocycles. The lowest BCUT2D eigenvalue weighted by atomic mass is 10.2. The third-order valence-corrected chi connectivity index (χ3v) is 5.30. The second-order valence-corrected chi connectivity index (χ2v) is 8.33. The van der Waals surface area contributed by atoms with Crippen LogP contribution in [-0.4, -0.2) is 61.2 Å². The van der Waals surface area contributed by atoms with Crippen molar-refractivity contribution in [2.45, 2.75) is 26.8 Å².